The summed E-state index contributed by atoms with van der Waals surface area (Å²) in [5.74, 6) is 1.56. The predicted octanol–water partition coefficient (Wildman–Crippen LogP) is 3.76. The van der Waals surface area contributed by atoms with Gasteiger partial charge in [-0.1, -0.05) is 61.4 Å². The highest BCUT2D eigenvalue weighted by Gasteiger charge is 2.17. The van der Waals surface area contributed by atoms with E-state index in [-0.39, 0.29) is 5.91 Å². The van der Waals surface area contributed by atoms with Crippen LogP contribution in [0.15, 0.2) is 60.7 Å². The highest BCUT2D eigenvalue weighted by atomic mass is 16.5. The zero-order valence-corrected chi connectivity index (χ0v) is 22.4. The highest BCUT2D eigenvalue weighted by Crippen LogP contribution is 2.21. The van der Waals surface area contributed by atoms with E-state index < -0.39 is 0 Å². The van der Waals surface area contributed by atoms with E-state index in [1.807, 2.05) is 36.4 Å². The Morgan fingerprint density at radius 3 is 2.00 bits per heavy atom. The van der Waals surface area contributed by atoms with Crippen LogP contribution in [0.1, 0.15) is 41.6 Å². The smallest absolute Gasteiger partial charge is 0.251 e. The Morgan fingerprint density at radius 1 is 0.718 bits per heavy atom. The number of nitrogens with zero attached hydrogens (tertiary/aromatic N) is 3. The van der Waals surface area contributed by atoms with Gasteiger partial charge in [0.2, 0.25) is 17.8 Å². The fourth-order valence-electron chi connectivity index (χ4n) is 4.30. The summed E-state index contributed by atoms with van der Waals surface area (Å²) in [4.78, 5) is 25.7. The van der Waals surface area contributed by atoms with Crippen LogP contribution in [0.2, 0.25) is 0 Å². The Kier molecular flexibility index (Phi) is 11.8. The minimum Gasteiger partial charge on any atom is -0.377 e. The molecule has 0 radical (unpaired) electrons. The fraction of sp³-hybridized carbons (Fsp3) is 0.448. The minimum atomic E-state index is -0.101. The summed E-state index contributed by atoms with van der Waals surface area (Å²) in [6.07, 6.45) is 5.63. The summed E-state index contributed by atoms with van der Waals surface area (Å²) in [5, 5.41) is 12.9. The van der Waals surface area contributed by atoms with Gasteiger partial charge < -0.3 is 30.7 Å². The zero-order valence-electron chi connectivity index (χ0n) is 22.4. The predicted molar refractivity (Wildman–Crippen MR) is 153 cm³/mol. The van der Waals surface area contributed by atoms with Crippen molar-refractivity contribution in [2.24, 2.45) is 0 Å². The largest absolute Gasteiger partial charge is 0.377 e. The maximum Gasteiger partial charge on any atom is 0.251 e. The molecule has 1 aliphatic carbocycles. The summed E-state index contributed by atoms with van der Waals surface area (Å²) in [7, 11) is 0. The Hall–Kier alpha value is -3.76. The molecule has 0 atom stereocenters. The van der Waals surface area contributed by atoms with Gasteiger partial charge in [-0.25, -0.2) is 0 Å². The molecule has 4 rings (SSSR count). The summed E-state index contributed by atoms with van der Waals surface area (Å²) < 4.78 is 11.2. The number of rotatable bonds is 17. The number of hydrogen-bond donors (Lipinski definition) is 4. The molecule has 1 fully saturated rings. The molecule has 2 aromatic carbocycles. The number of amides is 1. The zero-order chi connectivity index (χ0) is 27.0. The Labute approximate surface area is 230 Å². The molecule has 1 amide bonds. The average molecular weight is 534 g/mol. The van der Waals surface area contributed by atoms with Gasteiger partial charge in [-0.2, -0.15) is 15.0 Å². The van der Waals surface area contributed by atoms with Gasteiger partial charge in [0, 0.05) is 31.2 Å². The molecule has 0 aliphatic heterocycles. The van der Waals surface area contributed by atoms with E-state index in [4.69, 9.17) is 9.47 Å². The first-order valence-electron chi connectivity index (χ1n) is 13.8. The first-order valence-corrected chi connectivity index (χ1v) is 13.8. The van der Waals surface area contributed by atoms with Crippen LogP contribution in [0.4, 0.5) is 17.8 Å². The van der Waals surface area contributed by atoms with Crippen LogP contribution < -0.4 is 21.3 Å². The second-order valence-corrected chi connectivity index (χ2v) is 9.37. The summed E-state index contributed by atoms with van der Waals surface area (Å²) >= 11 is 0. The van der Waals surface area contributed by atoms with Gasteiger partial charge in [0.1, 0.15) is 0 Å². The number of carbonyl (C=O) groups excluding carboxylic acids is 1. The third kappa shape index (κ3) is 10.5. The molecule has 10 nitrogen and oxygen atoms in total. The number of aromatic nitrogens is 3. The van der Waals surface area contributed by atoms with E-state index in [0.717, 1.165) is 25.8 Å². The summed E-state index contributed by atoms with van der Waals surface area (Å²) in [5.41, 5.74) is 1.91. The van der Waals surface area contributed by atoms with Crippen LogP contribution >= 0.6 is 0 Å². The maximum atomic E-state index is 12.0. The van der Waals surface area contributed by atoms with Gasteiger partial charge in [-0.15, -0.1) is 0 Å². The quantitative estimate of drug-likeness (QED) is 0.192. The van der Waals surface area contributed by atoms with Crippen LogP contribution in [-0.4, -0.2) is 73.0 Å². The fourth-order valence-corrected chi connectivity index (χ4v) is 4.30. The van der Waals surface area contributed by atoms with E-state index >= 15 is 0 Å². The van der Waals surface area contributed by atoms with Crippen molar-refractivity contribution in [2.75, 3.05) is 62.0 Å². The molecule has 10 heteroatoms. The van der Waals surface area contributed by atoms with Crippen LogP contribution in [0.25, 0.3) is 0 Å². The lowest BCUT2D eigenvalue weighted by Crippen LogP contribution is -2.27. The van der Waals surface area contributed by atoms with Gasteiger partial charge in [0.25, 0.3) is 5.91 Å². The van der Waals surface area contributed by atoms with Gasteiger partial charge >= 0.3 is 0 Å². The molecule has 0 saturated heterocycles. The van der Waals surface area contributed by atoms with Crippen molar-refractivity contribution in [3.63, 3.8) is 0 Å². The first kappa shape index (κ1) is 28.3. The molecular formula is C29H39N7O3. The lowest BCUT2D eigenvalue weighted by molar-refractivity contribution is 0.0519. The van der Waals surface area contributed by atoms with E-state index in [0.29, 0.717) is 69.0 Å². The van der Waals surface area contributed by atoms with E-state index in [9.17, 15) is 4.79 Å². The highest BCUT2D eigenvalue weighted by molar-refractivity contribution is 5.94. The SMILES string of the molecule is O=C(NCCOCCOCCNc1nc(NCCc2ccccc2)nc(NC2CCCC2)n1)c1ccccc1. The van der Waals surface area contributed by atoms with Crippen LogP contribution in [-0.2, 0) is 15.9 Å². The molecule has 208 valence electrons. The number of benzene rings is 2. The number of carbonyl (C=O) groups is 1. The Morgan fingerprint density at radius 2 is 1.31 bits per heavy atom. The number of anilines is 3. The number of ether oxygens (including phenoxy) is 2. The lowest BCUT2D eigenvalue weighted by atomic mass is 10.1. The van der Waals surface area contributed by atoms with Crippen molar-refractivity contribution in [3.05, 3.63) is 71.8 Å². The lowest BCUT2D eigenvalue weighted by Gasteiger charge is -2.14. The molecular weight excluding hydrogens is 494 g/mol. The standard InChI is InChI=1S/C29H39N7O3/c37-26(24-11-5-2-6-12-24)30-17-19-38-21-22-39-20-18-32-28-34-27(31-16-15-23-9-3-1-4-10-23)35-29(36-28)33-25-13-7-8-14-25/h1-6,9-12,25H,7-8,13-22H2,(H,30,37)(H3,31,32,33,34,35,36). The Balaban J connectivity index is 1.13. The number of hydrogen-bond acceptors (Lipinski definition) is 9. The van der Waals surface area contributed by atoms with Gasteiger partial charge in [0.15, 0.2) is 0 Å². The second kappa shape index (κ2) is 16.3. The van der Waals surface area contributed by atoms with E-state index in [1.54, 1.807) is 12.1 Å². The first-order chi connectivity index (χ1) is 19.3. The van der Waals surface area contributed by atoms with E-state index in [1.165, 1.54) is 18.4 Å². The van der Waals surface area contributed by atoms with Gasteiger partial charge in [-0.05, 0) is 37.0 Å². The molecule has 1 saturated carbocycles. The molecule has 1 aromatic heterocycles. The Bertz CT molecular complexity index is 1110. The van der Waals surface area contributed by atoms with E-state index in [2.05, 4.69) is 48.4 Å². The maximum absolute atomic E-state index is 12.0. The average Bonchev–Trinajstić information content (AvgIpc) is 3.48. The van der Waals surface area contributed by atoms with Crippen molar-refractivity contribution in [2.45, 2.75) is 38.1 Å². The number of nitrogens with one attached hydrogen (secondary N) is 4. The molecule has 0 unspecified atom stereocenters. The van der Waals surface area contributed by atoms with Crippen molar-refractivity contribution < 1.29 is 14.3 Å². The topological polar surface area (TPSA) is 122 Å². The summed E-state index contributed by atoms with van der Waals surface area (Å²) in [6.45, 7) is 3.58. The molecule has 3 aromatic rings. The van der Waals surface area contributed by atoms with Crippen molar-refractivity contribution in [1.29, 1.82) is 0 Å². The molecule has 1 heterocycles. The molecule has 1 aliphatic rings. The monoisotopic (exact) mass is 533 g/mol. The molecule has 0 bridgehead atoms. The third-order valence-corrected chi connectivity index (χ3v) is 6.33. The van der Waals surface area contributed by atoms with Crippen molar-refractivity contribution in [3.8, 4) is 0 Å². The minimum absolute atomic E-state index is 0.101. The van der Waals surface area contributed by atoms with Crippen LogP contribution in [0, 0.1) is 0 Å². The normalized spacial score (nSPS) is 13.2. The molecule has 0 spiro atoms. The van der Waals surface area contributed by atoms with Crippen LogP contribution in [0.5, 0.6) is 0 Å². The second-order valence-electron chi connectivity index (χ2n) is 9.37. The molecule has 4 N–H and O–H groups in total. The van der Waals surface area contributed by atoms with Crippen LogP contribution in [0.3, 0.4) is 0 Å². The van der Waals surface area contributed by atoms with Gasteiger partial charge in [-0.3, -0.25) is 4.79 Å². The third-order valence-electron chi connectivity index (χ3n) is 6.33. The van der Waals surface area contributed by atoms with Crippen molar-refractivity contribution >= 4 is 23.8 Å². The summed E-state index contributed by atoms with van der Waals surface area (Å²) in [6, 6.07) is 19.9. The van der Waals surface area contributed by atoms with Crippen molar-refractivity contribution in [1.82, 2.24) is 20.3 Å². The van der Waals surface area contributed by atoms with Gasteiger partial charge in [0.05, 0.1) is 26.4 Å². The molecule has 39 heavy (non-hydrogen) atoms.